The van der Waals surface area contributed by atoms with Gasteiger partial charge in [0.1, 0.15) is 5.82 Å². The second kappa shape index (κ2) is 12.5. The molecular formula is C30H33N7O3. The van der Waals surface area contributed by atoms with E-state index in [0.29, 0.717) is 38.4 Å². The summed E-state index contributed by atoms with van der Waals surface area (Å²) in [5.41, 5.74) is 11.1. The number of rotatable bonds is 7. The highest BCUT2D eigenvalue weighted by molar-refractivity contribution is 5.99. The van der Waals surface area contributed by atoms with Crippen LogP contribution in [0.2, 0.25) is 0 Å². The Morgan fingerprint density at radius 2 is 1.80 bits per heavy atom. The average Bonchev–Trinajstić information content (AvgIpc) is 2.99. The normalized spacial score (nSPS) is 15.7. The van der Waals surface area contributed by atoms with Gasteiger partial charge < -0.3 is 25.6 Å². The first-order chi connectivity index (χ1) is 19.5. The topological polar surface area (TPSA) is 127 Å². The lowest BCUT2D eigenvalue weighted by atomic mass is 9.98. The number of hydrogen-bond acceptors (Lipinski definition) is 8. The van der Waals surface area contributed by atoms with Crippen LogP contribution in [0.15, 0.2) is 67.0 Å². The van der Waals surface area contributed by atoms with Gasteiger partial charge in [-0.05, 0) is 60.4 Å². The van der Waals surface area contributed by atoms with E-state index >= 15 is 0 Å². The summed E-state index contributed by atoms with van der Waals surface area (Å²) in [6.45, 7) is 5.86. The predicted octanol–water partition coefficient (Wildman–Crippen LogP) is 3.33. The number of nitrogens with zero attached hydrogens (tertiary/aromatic N) is 5. The van der Waals surface area contributed by atoms with Crippen molar-refractivity contribution >= 4 is 34.8 Å². The smallest absolute Gasteiger partial charge is 0.248 e. The maximum absolute atomic E-state index is 13.1. The molecule has 2 aliphatic heterocycles. The van der Waals surface area contributed by atoms with Crippen LogP contribution < -0.4 is 16.0 Å². The molecule has 0 bridgehead atoms. The fourth-order valence-electron chi connectivity index (χ4n) is 4.76. The minimum atomic E-state index is -0.178. The van der Waals surface area contributed by atoms with Crippen molar-refractivity contribution < 1.29 is 14.3 Å². The Morgan fingerprint density at radius 3 is 2.48 bits per heavy atom. The first-order valence-corrected chi connectivity index (χ1v) is 13.4. The van der Waals surface area contributed by atoms with Gasteiger partial charge in [0.05, 0.1) is 25.3 Å². The third-order valence-corrected chi connectivity index (χ3v) is 6.94. The van der Waals surface area contributed by atoms with Gasteiger partial charge in [-0.15, -0.1) is 0 Å². The average molecular weight is 540 g/mol. The minimum absolute atomic E-state index is 0.0736. The van der Waals surface area contributed by atoms with Gasteiger partial charge in [-0.2, -0.15) is 0 Å². The Bertz CT molecular complexity index is 1410. The van der Waals surface area contributed by atoms with E-state index in [4.69, 9.17) is 15.5 Å². The molecule has 0 spiro atoms. The SMILES string of the molecule is CC=CC(=O)Nc1ccc(CC(=O)N2CC=C(c3cc(-c4cnc(N)nc4)nc(N4CCOCC4)c3)CC2)cc1. The molecule has 5 rings (SSSR count). The van der Waals surface area contributed by atoms with Crippen molar-refractivity contribution in [2.75, 3.05) is 55.3 Å². The summed E-state index contributed by atoms with van der Waals surface area (Å²) in [4.78, 5) is 42.1. The molecule has 10 nitrogen and oxygen atoms in total. The molecule has 0 atom stereocenters. The maximum Gasteiger partial charge on any atom is 0.248 e. The molecule has 0 saturated carbocycles. The van der Waals surface area contributed by atoms with Gasteiger partial charge in [-0.25, -0.2) is 15.0 Å². The number of carbonyl (C=O) groups excluding carboxylic acids is 2. The molecule has 1 fully saturated rings. The molecule has 4 heterocycles. The highest BCUT2D eigenvalue weighted by Crippen LogP contribution is 2.30. The van der Waals surface area contributed by atoms with Crippen molar-refractivity contribution in [1.29, 1.82) is 0 Å². The summed E-state index contributed by atoms with van der Waals surface area (Å²) in [7, 11) is 0. The monoisotopic (exact) mass is 539 g/mol. The maximum atomic E-state index is 13.1. The van der Waals surface area contributed by atoms with Crippen molar-refractivity contribution in [2.24, 2.45) is 0 Å². The van der Waals surface area contributed by atoms with E-state index in [9.17, 15) is 9.59 Å². The molecule has 40 heavy (non-hydrogen) atoms. The van der Waals surface area contributed by atoms with E-state index in [1.165, 1.54) is 11.6 Å². The van der Waals surface area contributed by atoms with Gasteiger partial charge in [0, 0.05) is 49.8 Å². The van der Waals surface area contributed by atoms with Crippen LogP contribution in [0.25, 0.3) is 16.8 Å². The second-order valence-corrected chi connectivity index (χ2v) is 9.71. The van der Waals surface area contributed by atoms with Gasteiger partial charge in [0.2, 0.25) is 17.8 Å². The molecular weight excluding hydrogens is 506 g/mol. The predicted molar refractivity (Wildman–Crippen MR) is 155 cm³/mol. The molecule has 3 N–H and O–H groups in total. The van der Waals surface area contributed by atoms with E-state index < -0.39 is 0 Å². The molecule has 2 aliphatic rings. The van der Waals surface area contributed by atoms with Crippen molar-refractivity contribution in [2.45, 2.75) is 19.8 Å². The third kappa shape index (κ3) is 6.70. The first kappa shape index (κ1) is 27.0. The number of nitrogen functional groups attached to an aromatic ring is 1. The van der Waals surface area contributed by atoms with Crippen LogP contribution in [0.5, 0.6) is 0 Å². The van der Waals surface area contributed by atoms with Crippen LogP contribution in [0.4, 0.5) is 17.5 Å². The number of nitrogens with two attached hydrogens (primary N) is 1. The number of hydrogen-bond donors (Lipinski definition) is 2. The lowest BCUT2D eigenvalue weighted by Gasteiger charge is -2.30. The Labute approximate surface area is 233 Å². The fourth-order valence-corrected chi connectivity index (χ4v) is 4.76. The Kier molecular flexibility index (Phi) is 8.46. The minimum Gasteiger partial charge on any atom is -0.378 e. The van der Waals surface area contributed by atoms with Gasteiger partial charge in [0.15, 0.2) is 0 Å². The van der Waals surface area contributed by atoms with Crippen molar-refractivity contribution in [3.8, 4) is 11.3 Å². The molecule has 2 aromatic heterocycles. The van der Waals surface area contributed by atoms with E-state index in [1.807, 2.05) is 29.2 Å². The number of benzene rings is 1. The number of allylic oxidation sites excluding steroid dienone is 1. The molecule has 2 amide bonds. The number of amides is 2. The quantitative estimate of drug-likeness (QED) is 0.438. The van der Waals surface area contributed by atoms with Crippen LogP contribution in [0, 0.1) is 0 Å². The molecule has 0 aliphatic carbocycles. The summed E-state index contributed by atoms with van der Waals surface area (Å²) in [5, 5.41) is 2.79. The molecule has 0 unspecified atom stereocenters. The number of carbonyl (C=O) groups is 2. The summed E-state index contributed by atoms with van der Waals surface area (Å²) < 4.78 is 5.53. The lowest BCUT2D eigenvalue weighted by Crippen LogP contribution is -2.37. The summed E-state index contributed by atoms with van der Waals surface area (Å²) in [5.74, 6) is 1.00. The van der Waals surface area contributed by atoms with Crippen LogP contribution in [0.1, 0.15) is 24.5 Å². The van der Waals surface area contributed by atoms with Crippen molar-refractivity contribution in [1.82, 2.24) is 19.9 Å². The number of morpholine rings is 1. The van der Waals surface area contributed by atoms with E-state index in [1.54, 1.807) is 25.4 Å². The molecule has 1 aromatic carbocycles. The molecule has 3 aromatic rings. The zero-order valence-corrected chi connectivity index (χ0v) is 22.5. The largest absolute Gasteiger partial charge is 0.378 e. The van der Waals surface area contributed by atoms with Gasteiger partial charge >= 0.3 is 0 Å². The van der Waals surface area contributed by atoms with E-state index in [-0.39, 0.29) is 17.8 Å². The summed E-state index contributed by atoms with van der Waals surface area (Å²) in [6.07, 6.45) is 9.72. The lowest BCUT2D eigenvalue weighted by molar-refractivity contribution is -0.130. The summed E-state index contributed by atoms with van der Waals surface area (Å²) >= 11 is 0. The number of aromatic nitrogens is 3. The van der Waals surface area contributed by atoms with Crippen LogP contribution in [0.3, 0.4) is 0 Å². The van der Waals surface area contributed by atoms with Gasteiger partial charge in [0.25, 0.3) is 0 Å². The highest BCUT2D eigenvalue weighted by Gasteiger charge is 2.21. The molecule has 0 radical (unpaired) electrons. The van der Waals surface area contributed by atoms with Crippen LogP contribution >= 0.6 is 0 Å². The zero-order valence-electron chi connectivity index (χ0n) is 22.5. The van der Waals surface area contributed by atoms with Crippen molar-refractivity contribution in [3.05, 3.63) is 78.1 Å². The van der Waals surface area contributed by atoms with E-state index in [0.717, 1.165) is 47.7 Å². The Balaban J connectivity index is 1.29. The van der Waals surface area contributed by atoms with Crippen LogP contribution in [-0.2, 0) is 20.7 Å². The molecule has 206 valence electrons. The number of anilines is 3. The number of nitrogens with one attached hydrogen (secondary N) is 1. The third-order valence-electron chi connectivity index (χ3n) is 6.94. The summed E-state index contributed by atoms with van der Waals surface area (Å²) in [6, 6.07) is 11.6. The standard InChI is InChI=1S/C30H33N7O3/c1-2-3-28(38)34-25-6-4-21(5-7-25)16-29(39)37-10-8-22(9-11-37)23-17-26(24-19-32-30(31)33-20-24)35-27(18-23)36-12-14-40-15-13-36/h2-8,17-20H,9-16H2,1H3,(H,34,38)(H2,31,32,33). The number of pyridine rings is 1. The molecule has 1 saturated heterocycles. The Hall–Kier alpha value is -4.57. The highest BCUT2D eigenvalue weighted by atomic mass is 16.5. The van der Waals surface area contributed by atoms with Gasteiger partial charge in [-0.3, -0.25) is 9.59 Å². The molecule has 10 heteroatoms. The first-order valence-electron chi connectivity index (χ1n) is 13.4. The van der Waals surface area contributed by atoms with E-state index in [2.05, 4.69) is 38.4 Å². The fraction of sp³-hybridized carbons (Fsp3) is 0.300. The van der Waals surface area contributed by atoms with Crippen molar-refractivity contribution in [3.63, 3.8) is 0 Å². The van der Waals surface area contributed by atoms with Crippen LogP contribution in [-0.4, -0.2) is 71.1 Å². The second-order valence-electron chi connectivity index (χ2n) is 9.71. The zero-order chi connectivity index (χ0) is 27.9. The van der Waals surface area contributed by atoms with Gasteiger partial charge in [-0.1, -0.05) is 24.3 Å². The Morgan fingerprint density at radius 1 is 1.05 bits per heavy atom. The number of ether oxygens (including phenoxy) is 1.